The summed E-state index contributed by atoms with van der Waals surface area (Å²) in [5.74, 6) is -0.929. The quantitative estimate of drug-likeness (QED) is 0.947. The highest BCUT2D eigenvalue weighted by Gasteiger charge is 2.19. The number of pyridine rings is 1. The molecule has 0 aliphatic heterocycles. The highest BCUT2D eigenvalue weighted by Crippen LogP contribution is 2.22. The molecule has 0 atom stereocenters. The van der Waals surface area contributed by atoms with Gasteiger partial charge in [-0.25, -0.2) is 9.78 Å². The maximum absolute atomic E-state index is 11.4. The molecule has 0 saturated heterocycles. The van der Waals surface area contributed by atoms with Crippen LogP contribution in [-0.2, 0) is 6.42 Å². The molecule has 0 fully saturated rings. The average molecular weight is 297 g/mol. The fraction of sp³-hybridized carbons (Fsp3) is 0.333. The van der Waals surface area contributed by atoms with Gasteiger partial charge in [0.1, 0.15) is 5.65 Å². The van der Waals surface area contributed by atoms with Gasteiger partial charge in [0.15, 0.2) is 5.69 Å². The Balaban J connectivity index is 2.82. The summed E-state index contributed by atoms with van der Waals surface area (Å²) in [5, 5.41) is 9.32. The second-order valence-corrected chi connectivity index (χ2v) is 4.78. The molecule has 4 nitrogen and oxygen atoms in total. The summed E-state index contributed by atoms with van der Waals surface area (Å²) in [5.41, 5.74) is 2.48. The molecule has 0 aliphatic carbocycles. The number of aromatic carboxylic acids is 1. The number of hydrogen-bond donors (Lipinski definition) is 1. The third-order valence-corrected chi connectivity index (χ3v) is 3.56. The van der Waals surface area contributed by atoms with E-state index in [1.54, 1.807) is 4.40 Å². The van der Waals surface area contributed by atoms with Gasteiger partial charge in [-0.3, -0.25) is 4.40 Å². The summed E-state index contributed by atoms with van der Waals surface area (Å²) in [6.45, 7) is 3.89. The van der Waals surface area contributed by atoms with Crippen molar-refractivity contribution in [1.82, 2.24) is 9.38 Å². The van der Waals surface area contributed by atoms with E-state index in [0.29, 0.717) is 17.8 Å². The van der Waals surface area contributed by atoms with Crippen molar-refractivity contribution in [1.29, 1.82) is 0 Å². The zero-order valence-electron chi connectivity index (χ0n) is 9.70. The lowest BCUT2D eigenvalue weighted by molar-refractivity contribution is 0.0687. The minimum atomic E-state index is -0.929. The Morgan fingerprint density at radius 3 is 2.82 bits per heavy atom. The summed E-state index contributed by atoms with van der Waals surface area (Å²) in [6, 6.07) is 3.71. The van der Waals surface area contributed by atoms with Crippen LogP contribution in [0.2, 0.25) is 0 Å². The molecule has 0 unspecified atom stereocenters. The maximum atomic E-state index is 11.4. The van der Waals surface area contributed by atoms with Gasteiger partial charge >= 0.3 is 5.97 Å². The molecule has 0 aromatic carbocycles. The summed E-state index contributed by atoms with van der Waals surface area (Å²) >= 11 is 3.41. The Morgan fingerprint density at radius 2 is 2.24 bits per heavy atom. The zero-order valence-corrected chi connectivity index (χ0v) is 11.3. The Bertz CT molecular complexity index is 590. The summed E-state index contributed by atoms with van der Waals surface area (Å²) < 4.78 is 2.57. The Morgan fingerprint density at radius 1 is 1.53 bits per heavy atom. The largest absolute Gasteiger partial charge is 0.477 e. The zero-order chi connectivity index (χ0) is 12.6. The number of rotatable bonds is 3. The fourth-order valence-electron chi connectivity index (χ4n) is 1.94. The van der Waals surface area contributed by atoms with Crippen molar-refractivity contribution in [3.8, 4) is 0 Å². The maximum Gasteiger partial charge on any atom is 0.354 e. The molecule has 2 heterocycles. The molecule has 2 aromatic rings. The van der Waals surface area contributed by atoms with Gasteiger partial charge in [0.2, 0.25) is 0 Å². The molecule has 1 N–H and O–H groups in total. The fourth-order valence-corrected chi connectivity index (χ4v) is 2.25. The van der Waals surface area contributed by atoms with Gasteiger partial charge in [0, 0.05) is 10.2 Å². The van der Waals surface area contributed by atoms with Crippen LogP contribution in [0.3, 0.4) is 0 Å². The number of carbonyl (C=O) groups is 1. The average Bonchev–Trinajstić information content (AvgIpc) is 2.63. The van der Waals surface area contributed by atoms with Crippen LogP contribution in [0.15, 0.2) is 16.6 Å². The molecule has 0 spiro atoms. The van der Waals surface area contributed by atoms with Crippen LogP contribution in [0.5, 0.6) is 0 Å². The number of aromatic nitrogens is 2. The highest BCUT2D eigenvalue weighted by atomic mass is 79.9. The van der Waals surface area contributed by atoms with Crippen molar-refractivity contribution in [3.63, 3.8) is 0 Å². The second-order valence-electron chi connectivity index (χ2n) is 3.92. The van der Waals surface area contributed by atoms with E-state index in [1.807, 2.05) is 26.0 Å². The number of halogens is 1. The third kappa shape index (κ3) is 1.95. The Labute approximate surface area is 107 Å². The molecule has 2 aromatic heterocycles. The van der Waals surface area contributed by atoms with Crippen LogP contribution >= 0.6 is 15.9 Å². The van der Waals surface area contributed by atoms with E-state index in [4.69, 9.17) is 0 Å². The first-order valence-electron chi connectivity index (χ1n) is 5.46. The monoisotopic (exact) mass is 296 g/mol. The van der Waals surface area contributed by atoms with E-state index >= 15 is 0 Å². The number of aryl methyl sites for hydroxylation is 2. The van der Waals surface area contributed by atoms with Crippen molar-refractivity contribution in [3.05, 3.63) is 33.7 Å². The summed E-state index contributed by atoms with van der Waals surface area (Å²) in [4.78, 5) is 15.7. The summed E-state index contributed by atoms with van der Waals surface area (Å²) in [7, 11) is 0. The smallest absolute Gasteiger partial charge is 0.354 e. The molecule has 0 amide bonds. The van der Waals surface area contributed by atoms with Crippen molar-refractivity contribution in [2.75, 3.05) is 0 Å². The lowest BCUT2D eigenvalue weighted by atomic mass is 10.2. The van der Waals surface area contributed by atoms with Crippen molar-refractivity contribution in [2.45, 2.75) is 26.7 Å². The topological polar surface area (TPSA) is 54.6 Å². The van der Waals surface area contributed by atoms with E-state index in [9.17, 15) is 9.90 Å². The van der Waals surface area contributed by atoms with Crippen molar-refractivity contribution in [2.24, 2.45) is 0 Å². The first-order chi connectivity index (χ1) is 8.06. The molecule has 0 radical (unpaired) electrons. The number of fused-ring (bicyclic) bond motifs is 1. The standard InChI is InChI=1S/C12H13BrN2O2/c1-3-4-9-11(12(16)17)15-7(2)8(13)5-6-10(15)14-9/h5-6H,3-4H2,1-2H3,(H,16,17). The number of hydrogen-bond acceptors (Lipinski definition) is 2. The van der Waals surface area contributed by atoms with Crippen molar-refractivity contribution < 1.29 is 9.90 Å². The molecular weight excluding hydrogens is 284 g/mol. The minimum Gasteiger partial charge on any atom is -0.477 e. The number of nitrogens with zero attached hydrogens (tertiary/aromatic N) is 2. The lowest BCUT2D eigenvalue weighted by Crippen LogP contribution is -2.07. The second kappa shape index (κ2) is 4.49. The van der Waals surface area contributed by atoms with Crippen LogP contribution in [0.4, 0.5) is 0 Å². The third-order valence-electron chi connectivity index (χ3n) is 2.72. The van der Waals surface area contributed by atoms with Gasteiger partial charge in [0.25, 0.3) is 0 Å². The first kappa shape index (κ1) is 12.1. The molecule has 2 rings (SSSR count). The van der Waals surface area contributed by atoms with E-state index in [-0.39, 0.29) is 5.69 Å². The van der Waals surface area contributed by atoms with Crippen LogP contribution in [0, 0.1) is 6.92 Å². The molecular formula is C12H13BrN2O2. The van der Waals surface area contributed by atoms with Gasteiger partial charge in [-0.05, 0) is 41.4 Å². The predicted molar refractivity (Wildman–Crippen MR) is 68.6 cm³/mol. The SMILES string of the molecule is CCCc1nc2ccc(Br)c(C)n2c1C(=O)O. The number of carboxylic acids is 1. The molecule has 5 heteroatoms. The Kier molecular flexibility index (Phi) is 3.19. The van der Waals surface area contributed by atoms with Gasteiger partial charge in [-0.2, -0.15) is 0 Å². The van der Waals surface area contributed by atoms with E-state index in [2.05, 4.69) is 20.9 Å². The molecule has 90 valence electrons. The molecule has 0 aliphatic rings. The van der Waals surface area contributed by atoms with Crippen LogP contribution < -0.4 is 0 Å². The minimum absolute atomic E-state index is 0.278. The van der Waals surface area contributed by atoms with Crippen LogP contribution in [-0.4, -0.2) is 20.5 Å². The van der Waals surface area contributed by atoms with Gasteiger partial charge in [0.05, 0.1) is 5.69 Å². The molecule has 0 bridgehead atoms. The van der Waals surface area contributed by atoms with Gasteiger partial charge in [-0.1, -0.05) is 13.3 Å². The van der Waals surface area contributed by atoms with Crippen LogP contribution in [0.1, 0.15) is 35.2 Å². The number of carboxylic acid groups (broad SMARTS) is 1. The predicted octanol–water partition coefficient (Wildman–Crippen LogP) is 3.06. The Hall–Kier alpha value is -1.36. The lowest BCUT2D eigenvalue weighted by Gasteiger charge is -2.04. The molecule has 17 heavy (non-hydrogen) atoms. The van der Waals surface area contributed by atoms with Gasteiger partial charge in [-0.15, -0.1) is 0 Å². The van der Waals surface area contributed by atoms with E-state index in [0.717, 1.165) is 16.6 Å². The number of imidazole rings is 1. The summed E-state index contributed by atoms with van der Waals surface area (Å²) in [6.07, 6.45) is 1.56. The van der Waals surface area contributed by atoms with Crippen LogP contribution in [0.25, 0.3) is 5.65 Å². The first-order valence-corrected chi connectivity index (χ1v) is 6.25. The normalized spacial score (nSPS) is 11.0. The van der Waals surface area contributed by atoms with E-state index < -0.39 is 5.97 Å². The van der Waals surface area contributed by atoms with Crippen molar-refractivity contribution >= 4 is 27.5 Å². The molecule has 0 saturated carbocycles. The van der Waals surface area contributed by atoms with Gasteiger partial charge < -0.3 is 5.11 Å². The highest BCUT2D eigenvalue weighted by molar-refractivity contribution is 9.10. The van der Waals surface area contributed by atoms with E-state index in [1.165, 1.54) is 0 Å².